The lowest BCUT2D eigenvalue weighted by Crippen LogP contribution is -2.64. The van der Waals surface area contributed by atoms with Crippen LogP contribution in [0.1, 0.15) is 25.8 Å². The van der Waals surface area contributed by atoms with Crippen molar-refractivity contribution in [1.29, 1.82) is 0 Å². The Morgan fingerprint density at radius 2 is 1.90 bits per heavy atom. The van der Waals surface area contributed by atoms with Crippen LogP contribution in [0, 0.1) is 0 Å². The molecule has 0 aliphatic carbocycles. The van der Waals surface area contributed by atoms with Crippen LogP contribution in [0.3, 0.4) is 0 Å². The predicted molar refractivity (Wildman–Crippen MR) is 78.0 cm³/mol. The standard InChI is InChI=1S/C15H21N3O2/c1-15(2)14(20)17-13(19)10-18(15)9-3-4-11-5-7-12(16)8-6-11/h5-8H,3-4,9-10,16H2,1-2H3,(H,17,19,20). The molecule has 1 saturated heterocycles. The van der Waals surface area contributed by atoms with E-state index in [2.05, 4.69) is 5.32 Å². The second-order valence-corrected chi connectivity index (χ2v) is 5.70. The molecule has 0 radical (unpaired) electrons. The van der Waals surface area contributed by atoms with Crippen molar-refractivity contribution in [2.45, 2.75) is 32.2 Å². The molecular weight excluding hydrogens is 254 g/mol. The van der Waals surface area contributed by atoms with Gasteiger partial charge >= 0.3 is 0 Å². The Bertz CT molecular complexity index is 508. The van der Waals surface area contributed by atoms with Gasteiger partial charge in [0.1, 0.15) is 0 Å². The van der Waals surface area contributed by atoms with Gasteiger partial charge in [-0.3, -0.25) is 19.8 Å². The van der Waals surface area contributed by atoms with E-state index in [9.17, 15) is 9.59 Å². The second kappa shape index (κ2) is 5.63. The van der Waals surface area contributed by atoms with E-state index in [1.807, 2.05) is 43.0 Å². The molecule has 0 atom stereocenters. The summed E-state index contributed by atoms with van der Waals surface area (Å²) in [6.45, 7) is 4.69. The van der Waals surface area contributed by atoms with Crippen molar-refractivity contribution in [3.63, 3.8) is 0 Å². The first-order valence-corrected chi connectivity index (χ1v) is 6.83. The number of benzene rings is 1. The van der Waals surface area contributed by atoms with E-state index >= 15 is 0 Å². The van der Waals surface area contributed by atoms with Crippen LogP contribution in [0.5, 0.6) is 0 Å². The van der Waals surface area contributed by atoms with Gasteiger partial charge in [0.15, 0.2) is 0 Å². The van der Waals surface area contributed by atoms with Gasteiger partial charge in [0.2, 0.25) is 11.8 Å². The number of carbonyl (C=O) groups excluding carboxylic acids is 2. The van der Waals surface area contributed by atoms with Gasteiger partial charge in [-0.25, -0.2) is 0 Å². The number of hydrogen-bond acceptors (Lipinski definition) is 4. The first-order chi connectivity index (χ1) is 9.39. The molecule has 0 bridgehead atoms. The third-order valence-electron chi connectivity index (χ3n) is 3.81. The Morgan fingerprint density at radius 1 is 1.25 bits per heavy atom. The number of hydrogen-bond donors (Lipinski definition) is 2. The van der Waals surface area contributed by atoms with Crippen molar-refractivity contribution in [3.05, 3.63) is 29.8 Å². The molecule has 108 valence electrons. The lowest BCUT2D eigenvalue weighted by atomic mass is 9.98. The van der Waals surface area contributed by atoms with Crippen LogP contribution in [-0.4, -0.2) is 35.3 Å². The summed E-state index contributed by atoms with van der Waals surface area (Å²) in [5.74, 6) is -0.442. The van der Waals surface area contributed by atoms with Crippen LogP contribution in [-0.2, 0) is 16.0 Å². The zero-order valence-corrected chi connectivity index (χ0v) is 12.0. The fourth-order valence-electron chi connectivity index (χ4n) is 2.35. The Balaban J connectivity index is 1.90. The highest BCUT2D eigenvalue weighted by atomic mass is 16.2. The highest BCUT2D eigenvalue weighted by Gasteiger charge is 2.40. The molecule has 3 N–H and O–H groups in total. The zero-order chi connectivity index (χ0) is 14.8. The van der Waals surface area contributed by atoms with Gasteiger partial charge in [0, 0.05) is 12.2 Å². The van der Waals surface area contributed by atoms with Crippen LogP contribution >= 0.6 is 0 Å². The summed E-state index contributed by atoms with van der Waals surface area (Å²) in [6.07, 6.45) is 1.80. The van der Waals surface area contributed by atoms with Gasteiger partial charge in [-0.1, -0.05) is 12.1 Å². The Morgan fingerprint density at radius 3 is 2.55 bits per heavy atom. The number of nitrogens with zero attached hydrogens (tertiary/aromatic N) is 1. The number of anilines is 1. The number of carbonyl (C=O) groups is 2. The number of nitrogen functional groups attached to an aromatic ring is 1. The third kappa shape index (κ3) is 3.17. The third-order valence-corrected chi connectivity index (χ3v) is 3.81. The molecule has 1 aliphatic heterocycles. The topological polar surface area (TPSA) is 75.4 Å². The van der Waals surface area contributed by atoms with E-state index in [-0.39, 0.29) is 18.4 Å². The molecule has 0 saturated carbocycles. The maximum atomic E-state index is 11.8. The Hall–Kier alpha value is -1.88. The van der Waals surface area contributed by atoms with E-state index < -0.39 is 5.54 Å². The van der Waals surface area contributed by atoms with Gasteiger partial charge in [0.05, 0.1) is 12.1 Å². The van der Waals surface area contributed by atoms with E-state index in [1.165, 1.54) is 5.56 Å². The van der Waals surface area contributed by atoms with E-state index in [0.717, 1.165) is 25.1 Å². The molecule has 2 rings (SSSR count). The van der Waals surface area contributed by atoms with Crippen molar-refractivity contribution in [2.75, 3.05) is 18.8 Å². The maximum absolute atomic E-state index is 11.8. The number of nitrogens with two attached hydrogens (primary N) is 1. The van der Waals surface area contributed by atoms with Gasteiger partial charge < -0.3 is 5.73 Å². The number of aryl methyl sites for hydroxylation is 1. The van der Waals surface area contributed by atoms with Crippen LogP contribution in [0.15, 0.2) is 24.3 Å². The molecule has 0 unspecified atom stereocenters. The minimum absolute atomic E-state index is 0.221. The van der Waals surface area contributed by atoms with Gasteiger partial charge in [0.25, 0.3) is 0 Å². The SMILES string of the molecule is CC1(C)C(=O)NC(=O)CN1CCCc1ccc(N)cc1. The first kappa shape index (κ1) is 14.5. The molecule has 2 amide bonds. The second-order valence-electron chi connectivity index (χ2n) is 5.70. The molecular formula is C15H21N3O2. The number of rotatable bonds is 4. The lowest BCUT2D eigenvalue weighted by molar-refractivity contribution is -0.145. The molecule has 20 heavy (non-hydrogen) atoms. The first-order valence-electron chi connectivity index (χ1n) is 6.83. The number of amides is 2. The molecule has 1 aromatic carbocycles. The molecule has 1 heterocycles. The fraction of sp³-hybridized carbons (Fsp3) is 0.467. The van der Waals surface area contributed by atoms with Crippen molar-refractivity contribution < 1.29 is 9.59 Å². The van der Waals surface area contributed by atoms with Crippen LogP contribution in [0.4, 0.5) is 5.69 Å². The molecule has 5 nitrogen and oxygen atoms in total. The van der Waals surface area contributed by atoms with Crippen molar-refractivity contribution in [3.8, 4) is 0 Å². The summed E-state index contributed by atoms with van der Waals surface area (Å²) in [6, 6.07) is 7.79. The van der Waals surface area contributed by atoms with E-state index in [0.29, 0.717) is 0 Å². The van der Waals surface area contributed by atoms with Crippen LogP contribution < -0.4 is 11.1 Å². The minimum atomic E-state index is -0.630. The lowest BCUT2D eigenvalue weighted by Gasteiger charge is -2.40. The van der Waals surface area contributed by atoms with Gasteiger partial charge in [-0.15, -0.1) is 0 Å². The van der Waals surface area contributed by atoms with Crippen molar-refractivity contribution in [1.82, 2.24) is 10.2 Å². The summed E-state index contributed by atoms with van der Waals surface area (Å²) >= 11 is 0. The number of imide groups is 1. The monoisotopic (exact) mass is 275 g/mol. The molecule has 1 aromatic rings. The van der Waals surface area contributed by atoms with Crippen LogP contribution in [0.25, 0.3) is 0 Å². The Kier molecular flexibility index (Phi) is 4.09. The van der Waals surface area contributed by atoms with Gasteiger partial charge in [-0.2, -0.15) is 0 Å². The number of nitrogens with one attached hydrogen (secondary N) is 1. The smallest absolute Gasteiger partial charge is 0.246 e. The fourth-order valence-corrected chi connectivity index (χ4v) is 2.35. The average molecular weight is 275 g/mol. The summed E-state index contributed by atoms with van der Waals surface area (Å²) < 4.78 is 0. The quantitative estimate of drug-likeness (QED) is 0.633. The minimum Gasteiger partial charge on any atom is -0.399 e. The molecule has 5 heteroatoms. The van der Waals surface area contributed by atoms with Crippen LogP contribution in [0.2, 0.25) is 0 Å². The predicted octanol–water partition coefficient (Wildman–Crippen LogP) is 0.938. The van der Waals surface area contributed by atoms with Gasteiger partial charge in [-0.05, 0) is 44.4 Å². The maximum Gasteiger partial charge on any atom is 0.246 e. The average Bonchev–Trinajstić information content (AvgIpc) is 2.38. The van der Waals surface area contributed by atoms with Crippen molar-refractivity contribution in [2.24, 2.45) is 0 Å². The largest absolute Gasteiger partial charge is 0.399 e. The summed E-state index contributed by atoms with van der Waals surface area (Å²) in [7, 11) is 0. The highest BCUT2D eigenvalue weighted by Crippen LogP contribution is 2.19. The normalized spacial score (nSPS) is 18.9. The molecule has 1 fully saturated rings. The summed E-state index contributed by atoms with van der Waals surface area (Å²) in [5.41, 5.74) is 6.99. The highest BCUT2D eigenvalue weighted by molar-refractivity contribution is 6.02. The molecule has 0 aromatic heterocycles. The number of piperazine rings is 1. The van der Waals surface area contributed by atoms with E-state index in [1.54, 1.807) is 0 Å². The zero-order valence-electron chi connectivity index (χ0n) is 12.0. The van der Waals surface area contributed by atoms with Crippen molar-refractivity contribution >= 4 is 17.5 Å². The Labute approximate surface area is 119 Å². The summed E-state index contributed by atoms with van der Waals surface area (Å²) in [5, 5.41) is 2.38. The summed E-state index contributed by atoms with van der Waals surface area (Å²) in [4.78, 5) is 25.2. The molecule has 1 aliphatic rings. The molecule has 0 spiro atoms. The van der Waals surface area contributed by atoms with E-state index in [4.69, 9.17) is 5.73 Å².